The zero-order chi connectivity index (χ0) is 21.5. The van der Waals surface area contributed by atoms with Gasteiger partial charge in [-0.1, -0.05) is 36.4 Å². The summed E-state index contributed by atoms with van der Waals surface area (Å²) in [6, 6.07) is 15.0. The Morgan fingerprint density at radius 2 is 1.73 bits per heavy atom. The van der Waals surface area contributed by atoms with Gasteiger partial charge in [0.25, 0.3) is 0 Å². The highest BCUT2D eigenvalue weighted by atomic mass is 16.5. The number of rotatable bonds is 3. The minimum absolute atomic E-state index is 0.297. The topological polar surface area (TPSA) is 77.0 Å². The Morgan fingerprint density at radius 1 is 1.03 bits per heavy atom. The monoisotopic (exact) mass is 404 g/mol. The smallest absolute Gasteiger partial charge is 0.334 e. The number of methoxy groups -OCH3 is 2. The number of para-hydroxylation sites is 2. The molecule has 30 heavy (non-hydrogen) atoms. The van der Waals surface area contributed by atoms with Crippen molar-refractivity contribution in [2.45, 2.75) is 25.3 Å². The van der Waals surface area contributed by atoms with E-state index in [4.69, 9.17) is 9.47 Å². The van der Waals surface area contributed by atoms with Gasteiger partial charge in [-0.3, -0.25) is 9.79 Å². The Labute approximate surface area is 175 Å². The molecule has 1 unspecified atom stereocenters. The van der Waals surface area contributed by atoms with Gasteiger partial charge in [-0.25, -0.2) is 4.79 Å². The Bertz CT molecular complexity index is 1090. The van der Waals surface area contributed by atoms with E-state index in [2.05, 4.69) is 10.3 Å². The van der Waals surface area contributed by atoms with Crippen LogP contribution in [0.1, 0.15) is 25.0 Å². The molecule has 0 fully saturated rings. The van der Waals surface area contributed by atoms with E-state index in [0.717, 1.165) is 22.5 Å². The number of benzene rings is 2. The van der Waals surface area contributed by atoms with Crippen molar-refractivity contribution in [3.8, 4) is 0 Å². The van der Waals surface area contributed by atoms with Gasteiger partial charge in [-0.2, -0.15) is 0 Å². The Kier molecular flexibility index (Phi) is 4.94. The van der Waals surface area contributed by atoms with Crippen molar-refractivity contribution in [1.29, 1.82) is 0 Å². The lowest BCUT2D eigenvalue weighted by Gasteiger charge is -2.38. The highest BCUT2D eigenvalue weighted by Gasteiger charge is 2.50. The maximum Gasteiger partial charge on any atom is 0.334 e. The van der Waals surface area contributed by atoms with E-state index in [1.54, 1.807) is 0 Å². The number of carbonyl (C=O) groups excluding carboxylic acids is 2. The molecule has 2 aliphatic heterocycles. The van der Waals surface area contributed by atoms with Crippen molar-refractivity contribution < 1.29 is 19.1 Å². The predicted octanol–water partition coefficient (Wildman–Crippen LogP) is 3.89. The molecular weight excluding hydrogens is 380 g/mol. The lowest BCUT2D eigenvalue weighted by Crippen LogP contribution is -2.51. The normalized spacial score (nSPS) is 24.4. The number of aliphatic imine (C=N–C) groups is 1. The number of nitrogens with one attached hydrogen (secondary N) is 1. The molecule has 0 aromatic heterocycles. The summed E-state index contributed by atoms with van der Waals surface area (Å²) in [7, 11) is 2.66. The summed E-state index contributed by atoms with van der Waals surface area (Å²) in [4.78, 5) is 30.6. The van der Waals surface area contributed by atoms with Crippen LogP contribution in [0.15, 0.2) is 59.1 Å². The van der Waals surface area contributed by atoms with Gasteiger partial charge in [-0.15, -0.1) is 0 Å². The molecule has 0 spiro atoms. The fraction of sp³-hybridized carbons (Fsp3) is 0.292. The van der Waals surface area contributed by atoms with Crippen molar-refractivity contribution >= 4 is 35.1 Å². The van der Waals surface area contributed by atoms with Crippen molar-refractivity contribution in [1.82, 2.24) is 0 Å². The molecule has 2 heterocycles. The van der Waals surface area contributed by atoms with Crippen molar-refractivity contribution in [2.24, 2.45) is 10.9 Å². The molecule has 3 atom stereocenters. The standard InChI is InChI=1S/C24H24N2O4/c1-14-15-9-5-7-11-17(15)26-21(20(23(28)30-4)19(14)22(27)29-3)24(2)13-25-18-12-8-6-10-16(18)24/h5-13,20-21,26H,1-4H3/t20-,21-,24?/m1/s1. The third kappa shape index (κ3) is 2.91. The summed E-state index contributed by atoms with van der Waals surface area (Å²) in [6.45, 7) is 3.86. The first-order valence-corrected chi connectivity index (χ1v) is 9.80. The van der Waals surface area contributed by atoms with Crippen LogP contribution in [0.5, 0.6) is 0 Å². The van der Waals surface area contributed by atoms with E-state index in [0.29, 0.717) is 11.1 Å². The summed E-state index contributed by atoms with van der Waals surface area (Å²) in [5.74, 6) is -1.94. The zero-order valence-corrected chi connectivity index (χ0v) is 17.4. The second-order valence-electron chi connectivity index (χ2n) is 7.76. The van der Waals surface area contributed by atoms with Crippen LogP contribution < -0.4 is 5.32 Å². The van der Waals surface area contributed by atoms with Gasteiger partial charge in [0.2, 0.25) is 0 Å². The lowest BCUT2D eigenvalue weighted by molar-refractivity contribution is -0.148. The first-order chi connectivity index (χ1) is 14.4. The van der Waals surface area contributed by atoms with Crippen molar-refractivity contribution in [3.63, 3.8) is 0 Å². The molecule has 6 nitrogen and oxygen atoms in total. The molecule has 2 aromatic carbocycles. The highest BCUT2D eigenvalue weighted by molar-refractivity contribution is 6.05. The van der Waals surface area contributed by atoms with Crippen molar-refractivity contribution in [3.05, 3.63) is 65.2 Å². The molecule has 4 rings (SSSR count). The molecule has 0 saturated carbocycles. The third-order valence-electron chi connectivity index (χ3n) is 6.15. The number of carbonyl (C=O) groups is 2. The van der Waals surface area contributed by atoms with Gasteiger partial charge in [0, 0.05) is 17.5 Å². The van der Waals surface area contributed by atoms with Crippen LogP contribution >= 0.6 is 0 Å². The molecule has 0 aliphatic carbocycles. The Hall–Kier alpha value is -3.41. The molecule has 6 heteroatoms. The first-order valence-electron chi connectivity index (χ1n) is 9.80. The molecular formula is C24H24N2O4. The van der Waals surface area contributed by atoms with Crippen LogP contribution in [-0.2, 0) is 24.5 Å². The number of anilines is 1. The second kappa shape index (κ2) is 7.44. The van der Waals surface area contributed by atoms with E-state index < -0.39 is 29.3 Å². The minimum Gasteiger partial charge on any atom is -0.468 e. The molecule has 2 aliphatic rings. The predicted molar refractivity (Wildman–Crippen MR) is 116 cm³/mol. The summed E-state index contributed by atoms with van der Waals surface area (Å²) >= 11 is 0. The number of allylic oxidation sites excluding steroid dienone is 1. The Morgan fingerprint density at radius 3 is 2.47 bits per heavy atom. The molecule has 2 aromatic rings. The quantitative estimate of drug-likeness (QED) is 0.786. The molecule has 1 N–H and O–H groups in total. The summed E-state index contributed by atoms with van der Waals surface area (Å²) in [5, 5.41) is 3.55. The number of hydrogen-bond donors (Lipinski definition) is 1. The van der Waals surface area contributed by atoms with Crippen LogP contribution in [0, 0.1) is 5.92 Å². The maximum atomic E-state index is 13.1. The van der Waals surface area contributed by atoms with E-state index in [1.807, 2.05) is 68.6 Å². The molecule has 0 bridgehead atoms. The summed E-state index contributed by atoms with van der Waals surface area (Å²) in [5.41, 5.74) is 3.85. The third-order valence-corrected chi connectivity index (χ3v) is 6.15. The zero-order valence-electron chi connectivity index (χ0n) is 17.4. The number of esters is 2. The van der Waals surface area contributed by atoms with Crippen LogP contribution in [0.2, 0.25) is 0 Å². The van der Waals surface area contributed by atoms with Crippen LogP contribution in [0.25, 0.3) is 5.57 Å². The largest absolute Gasteiger partial charge is 0.468 e. The van der Waals surface area contributed by atoms with Gasteiger partial charge in [-0.05, 0) is 37.1 Å². The fourth-order valence-electron chi connectivity index (χ4n) is 4.56. The average Bonchev–Trinajstić information content (AvgIpc) is 3.05. The number of fused-ring (bicyclic) bond motifs is 2. The van der Waals surface area contributed by atoms with Gasteiger partial charge < -0.3 is 14.8 Å². The lowest BCUT2D eigenvalue weighted by atomic mass is 9.70. The van der Waals surface area contributed by atoms with E-state index in [1.165, 1.54) is 14.2 Å². The van der Waals surface area contributed by atoms with E-state index >= 15 is 0 Å². The molecule has 0 radical (unpaired) electrons. The van der Waals surface area contributed by atoms with Gasteiger partial charge in [0.1, 0.15) is 5.92 Å². The summed E-state index contributed by atoms with van der Waals surface area (Å²) < 4.78 is 10.3. The maximum absolute atomic E-state index is 13.1. The number of nitrogens with zero attached hydrogens (tertiary/aromatic N) is 1. The van der Waals surface area contributed by atoms with E-state index in [9.17, 15) is 9.59 Å². The first kappa shape index (κ1) is 19.9. The highest BCUT2D eigenvalue weighted by Crippen LogP contribution is 2.46. The Balaban J connectivity index is 1.99. The minimum atomic E-state index is -0.891. The second-order valence-corrected chi connectivity index (χ2v) is 7.76. The van der Waals surface area contributed by atoms with Gasteiger partial charge in [0.15, 0.2) is 0 Å². The SMILES string of the molecule is COC(=O)C1=C(C)c2ccccc2N[C@@H](C2(C)C=Nc3ccccc32)[C@@H]1C(=O)OC. The van der Waals surface area contributed by atoms with Crippen molar-refractivity contribution in [2.75, 3.05) is 19.5 Å². The summed E-state index contributed by atoms with van der Waals surface area (Å²) in [6.07, 6.45) is 1.85. The number of hydrogen-bond acceptors (Lipinski definition) is 6. The van der Waals surface area contributed by atoms with Crippen LogP contribution in [0.3, 0.4) is 0 Å². The molecule has 154 valence electrons. The fourth-order valence-corrected chi connectivity index (χ4v) is 4.56. The number of ether oxygens (including phenoxy) is 2. The van der Waals surface area contributed by atoms with Crippen LogP contribution in [-0.4, -0.2) is 38.4 Å². The van der Waals surface area contributed by atoms with Gasteiger partial charge in [0.05, 0.1) is 36.9 Å². The van der Waals surface area contributed by atoms with Gasteiger partial charge >= 0.3 is 11.9 Å². The van der Waals surface area contributed by atoms with E-state index in [-0.39, 0.29) is 0 Å². The van der Waals surface area contributed by atoms with Crippen LogP contribution in [0.4, 0.5) is 11.4 Å². The molecule has 0 saturated heterocycles. The molecule has 0 amide bonds. The average molecular weight is 404 g/mol.